The van der Waals surface area contributed by atoms with Crippen molar-refractivity contribution in [3.05, 3.63) is 0 Å². The van der Waals surface area contributed by atoms with Crippen LogP contribution in [0.4, 0.5) is 0 Å². The number of hydrogen-bond donors (Lipinski definition) is 1. The maximum absolute atomic E-state index is 11.1. The van der Waals surface area contributed by atoms with E-state index in [4.69, 9.17) is 5.26 Å². The molecular weight excluding hydrogens is 313 g/mol. The number of carbonyl (C=O) groups excluding carboxylic acids is 1. The van der Waals surface area contributed by atoms with Crippen molar-refractivity contribution in [2.24, 2.45) is 0 Å². The SMILES string of the molecule is CCCCCCCCCCCCCCCCCC(=O)ONC#N.[MgH2]. The Labute approximate surface area is 165 Å². The van der Waals surface area contributed by atoms with Crippen LogP contribution in [0.1, 0.15) is 110 Å². The lowest BCUT2D eigenvalue weighted by Crippen LogP contribution is -2.14. The Bertz CT molecular complexity index is 306. The monoisotopic (exact) mass is 350 g/mol. The van der Waals surface area contributed by atoms with Crippen LogP contribution in [0, 0.1) is 11.5 Å². The zero-order chi connectivity index (χ0) is 17.0. The van der Waals surface area contributed by atoms with Gasteiger partial charge in [-0.3, -0.25) is 0 Å². The van der Waals surface area contributed by atoms with E-state index in [0.29, 0.717) is 6.42 Å². The summed E-state index contributed by atoms with van der Waals surface area (Å²) >= 11 is 0. The molecule has 0 bridgehead atoms. The number of hydroxylamine groups is 1. The quantitative estimate of drug-likeness (QED) is 0.134. The summed E-state index contributed by atoms with van der Waals surface area (Å²) in [4.78, 5) is 15.6. The van der Waals surface area contributed by atoms with E-state index < -0.39 is 0 Å². The molecule has 0 rings (SSSR count). The summed E-state index contributed by atoms with van der Waals surface area (Å²) in [7, 11) is 0. The summed E-state index contributed by atoms with van der Waals surface area (Å²) in [6.45, 7) is 2.27. The fourth-order valence-electron chi connectivity index (χ4n) is 2.77. The second-order valence-corrected chi connectivity index (χ2v) is 6.39. The first-order chi connectivity index (χ1) is 11.3. The highest BCUT2D eigenvalue weighted by Crippen LogP contribution is 2.13. The summed E-state index contributed by atoms with van der Waals surface area (Å²) in [5, 5.41) is 8.18. The van der Waals surface area contributed by atoms with Crippen molar-refractivity contribution in [3.63, 3.8) is 0 Å². The second kappa shape index (κ2) is 22.5. The number of unbranched alkanes of at least 4 members (excludes halogenated alkanes) is 14. The van der Waals surface area contributed by atoms with Gasteiger partial charge < -0.3 is 4.84 Å². The van der Waals surface area contributed by atoms with E-state index in [9.17, 15) is 4.79 Å². The Morgan fingerprint density at radius 2 is 1.17 bits per heavy atom. The van der Waals surface area contributed by atoms with Crippen LogP contribution in [0.2, 0.25) is 0 Å². The molecule has 24 heavy (non-hydrogen) atoms. The molecule has 0 aromatic rings. The maximum Gasteiger partial charge on any atom is 0.333 e. The van der Waals surface area contributed by atoms with Crippen molar-refractivity contribution < 1.29 is 9.63 Å². The van der Waals surface area contributed by atoms with E-state index in [-0.39, 0.29) is 29.0 Å². The number of nitrogens with one attached hydrogen (secondary N) is 1. The zero-order valence-corrected chi connectivity index (χ0v) is 15.1. The highest BCUT2D eigenvalue weighted by molar-refractivity contribution is 5.75. The molecule has 0 saturated heterocycles. The van der Waals surface area contributed by atoms with Gasteiger partial charge in [-0.25, -0.2) is 4.79 Å². The molecule has 0 spiro atoms. The molecule has 0 aliphatic carbocycles. The van der Waals surface area contributed by atoms with Gasteiger partial charge in [0.2, 0.25) is 6.19 Å². The Balaban J connectivity index is 0. The summed E-state index contributed by atoms with van der Waals surface area (Å²) in [6.07, 6.45) is 21.6. The molecule has 0 aliphatic rings. The zero-order valence-electron chi connectivity index (χ0n) is 15.1. The van der Waals surface area contributed by atoms with Crippen molar-refractivity contribution in [2.75, 3.05) is 0 Å². The van der Waals surface area contributed by atoms with E-state index in [0.717, 1.165) is 12.8 Å². The molecular formula is C19H38MgN2O2. The van der Waals surface area contributed by atoms with Crippen LogP contribution in [0.15, 0.2) is 0 Å². The molecule has 0 saturated carbocycles. The third-order valence-electron chi connectivity index (χ3n) is 4.19. The third-order valence-corrected chi connectivity index (χ3v) is 4.19. The third kappa shape index (κ3) is 21.5. The van der Waals surface area contributed by atoms with Crippen molar-refractivity contribution >= 4 is 29.0 Å². The summed E-state index contributed by atoms with van der Waals surface area (Å²) < 4.78 is 0. The normalized spacial score (nSPS) is 9.83. The van der Waals surface area contributed by atoms with Crippen molar-refractivity contribution in [1.29, 1.82) is 5.26 Å². The Morgan fingerprint density at radius 1 is 0.792 bits per heavy atom. The standard InChI is InChI=1S/C19H36N2O2.Mg.2H/c1-2-3-4-5-6-7-8-9-10-11-12-13-14-15-16-17-19(22)23-21-18-20;;;/h21H,2-17H2,1H3;;;. The number of rotatable bonds is 17. The maximum atomic E-state index is 11.1. The van der Waals surface area contributed by atoms with E-state index >= 15 is 0 Å². The molecule has 138 valence electrons. The number of carbonyl (C=O) groups is 1. The lowest BCUT2D eigenvalue weighted by molar-refractivity contribution is -0.148. The van der Waals surface area contributed by atoms with Crippen LogP contribution in [0.5, 0.6) is 0 Å². The molecule has 5 heteroatoms. The van der Waals surface area contributed by atoms with Gasteiger partial charge in [0.25, 0.3) is 0 Å². The molecule has 4 nitrogen and oxygen atoms in total. The highest BCUT2D eigenvalue weighted by atomic mass is 24.3. The smallest absolute Gasteiger partial charge is 0.333 e. The number of nitriles is 1. The predicted molar refractivity (Wildman–Crippen MR) is 103 cm³/mol. The predicted octanol–water partition coefficient (Wildman–Crippen LogP) is 4.86. The second-order valence-electron chi connectivity index (χ2n) is 6.39. The molecule has 0 aromatic heterocycles. The van der Waals surface area contributed by atoms with Crippen LogP contribution >= 0.6 is 0 Å². The fraction of sp³-hybridized carbons (Fsp3) is 0.895. The highest BCUT2D eigenvalue weighted by Gasteiger charge is 2.01. The van der Waals surface area contributed by atoms with Gasteiger partial charge in [0.05, 0.1) is 0 Å². The van der Waals surface area contributed by atoms with E-state index in [2.05, 4.69) is 11.8 Å². The molecule has 0 unspecified atom stereocenters. The van der Waals surface area contributed by atoms with Crippen LogP contribution in [0.25, 0.3) is 0 Å². The van der Waals surface area contributed by atoms with E-state index in [1.807, 2.05) is 5.48 Å². The molecule has 0 radical (unpaired) electrons. The lowest BCUT2D eigenvalue weighted by atomic mass is 10.0. The molecule has 0 heterocycles. The summed E-state index contributed by atoms with van der Waals surface area (Å²) in [5.41, 5.74) is 1.91. The first-order valence-electron chi connectivity index (χ1n) is 9.65. The van der Waals surface area contributed by atoms with Crippen LogP contribution in [-0.4, -0.2) is 29.0 Å². The van der Waals surface area contributed by atoms with Crippen molar-refractivity contribution in [2.45, 2.75) is 110 Å². The minimum absolute atomic E-state index is 0. The first kappa shape index (κ1) is 25.8. The van der Waals surface area contributed by atoms with Gasteiger partial charge in [0.15, 0.2) is 0 Å². The molecule has 0 atom stereocenters. The minimum atomic E-state index is -0.346. The van der Waals surface area contributed by atoms with Gasteiger partial charge in [0, 0.05) is 6.42 Å². The van der Waals surface area contributed by atoms with E-state index in [1.54, 1.807) is 6.19 Å². The topological polar surface area (TPSA) is 62.1 Å². The average Bonchev–Trinajstić information content (AvgIpc) is 2.56. The van der Waals surface area contributed by atoms with Gasteiger partial charge in [-0.05, 0) is 6.42 Å². The summed E-state index contributed by atoms with van der Waals surface area (Å²) in [6, 6.07) is 0. The molecule has 0 aliphatic heterocycles. The van der Waals surface area contributed by atoms with E-state index in [1.165, 1.54) is 83.5 Å². The molecule has 0 fully saturated rings. The number of nitrogens with zero attached hydrogens (tertiary/aromatic N) is 1. The molecule has 0 amide bonds. The van der Waals surface area contributed by atoms with Crippen molar-refractivity contribution in [1.82, 2.24) is 5.48 Å². The largest absolute Gasteiger partial charge is 0.334 e. The first-order valence-corrected chi connectivity index (χ1v) is 9.65. The Hall–Kier alpha value is -0.474. The van der Waals surface area contributed by atoms with Gasteiger partial charge in [-0.1, -0.05) is 96.8 Å². The fourth-order valence-corrected chi connectivity index (χ4v) is 2.77. The van der Waals surface area contributed by atoms with Gasteiger partial charge >= 0.3 is 29.0 Å². The average molecular weight is 351 g/mol. The molecule has 1 N–H and O–H groups in total. The van der Waals surface area contributed by atoms with Crippen LogP contribution in [0.3, 0.4) is 0 Å². The Morgan fingerprint density at radius 3 is 1.54 bits per heavy atom. The lowest BCUT2D eigenvalue weighted by Gasteiger charge is -2.03. The van der Waals surface area contributed by atoms with Crippen LogP contribution < -0.4 is 5.48 Å². The number of hydrogen-bond acceptors (Lipinski definition) is 4. The molecule has 0 aromatic carbocycles. The minimum Gasteiger partial charge on any atom is -0.334 e. The van der Waals surface area contributed by atoms with Crippen molar-refractivity contribution in [3.8, 4) is 6.19 Å². The Kier molecular flexibility index (Phi) is 24.2. The van der Waals surface area contributed by atoms with Gasteiger partial charge in [-0.2, -0.15) is 10.7 Å². The summed E-state index contributed by atoms with van der Waals surface area (Å²) in [5.74, 6) is -0.346. The van der Waals surface area contributed by atoms with Crippen LogP contribution in [-0.2, 0) is 9.63 Å². The van der Waals surface area contributed by atoms with Gasteiger partial charge in [0.1, 0.15) is 0 Å². The van der Waals surface area contributed by atoms with Gasteiger partial charge in [-0.15, -0.1) is 0 Å².